The van der Waals surface area contributed by atoms with Crippen molar-refractivity contribution in [2.24, 2.45) is 0 Å². The first kappa shape index (κ1) is 11.3. The Morgan fingerprint density at radius 3 is 2.50 bits per heavy atom. The molecule has 0 radical (unpaired) electrons. The van der Waals surface area contributed by atoms with Crippen molar-refractivity contribution >= 4 is 0 Å². The van der Waals surface area contributed by atoms with E-state index in [1.54, 1.807) is 6.07 Å². The van der Waals surface area contributed by atoms with Crippen LogP contribution in [0.25, 0.3) is 16.9 Å². The van der Waals surface area contributed by atoms with E-state index in [2.05, 4.69) is 22.9 Å². The van der Waals surface area contributed by atoms with E-state index in [0.717, 1.165) is 29.9 Å². The van der Waals surface area contributed by atoms with Crippen molar-refractivity contribution in [3.8, 4) is 16.9 Å². The van der Waals surface area contributed by atoms with Crippen LogP contribution in [-0.4, -0.2) is 9.36 Å². The third-order valence-corrected chi connectivity index (χ3v) is 3.87. The van der Waals surface area contributed by atoms with Gasteiger partial charge >= 0.3 is 0 Å². The molecule has 0 fully saturated rings. The summed E-state index contributed by atoms with van der Waals surface area (Å²) < 4.78 is 3.88. The lowest BCUT2D eigenvalue weighted by Gasteiger charge is -2.23. The van der Waals surface area contributed by atoms with Crippen molar-refractivity contribution in [3.63, 3.8) is 0 Å². The van der Waals surface area contributed by atoms with Crippen LogP contribution < -0.4 is 5.56 Å². The zero-order chi connectivity index (χ0) is 13.5. The van der Waals surface area contributed by atoms with Crippen LogP contribution in [0.2, 0.25) is 0 Å². The molecule has 0 saturated carbocycles. The van der Waals surface area contributed by atoms with Gasteiger partial charge in [0.05, 0.1) is 11.4 Å². The van der Waals surface area contributed by atoms with Gasteiger partial charge in [-0.1, -0.05) is 48.5 Å². The molecule has 3 heteroatoms. The van der Waals surface area contributed by atoms with E-state index in [9.17, 15) is 4.79 Å². The second kappa shape index (κ2) is 4.23. The van der Waals surface area contributed by atoms with Crippen molar-refractivity contribution in [1.82, 2.24) is 9.36 Å². The van der Waals surface area contributed by atoms with Crippen LogP contribution in [0.15, 0.2) is 65.5 Å². The maximum Gasteiger partial charge on any atom is 0.267 e. The average molecular weight is 262 g/mol. The number of hydrogen-bond acceptors (Lipinski definition) is 1. The minimum absolute atomic E-state index is 0.0679. The Bertz CT molecular complexity index is 828. The number of hydrogen-bond donors (Lipinski definition) is 0. The molecule has 3 nitrogen and oxygen atoms in total. The van der Waals surface area contributed by atoms with Gasteiger partial charge in [0.25, 0.3) is 5.56 Å². The topological polar surface area (TPSA) is 26.9 Å². The van der Waals surface area contributed by atoms with Crippen LogP contribution in [0.3, 0.4) is 0 Å². The second-order valence-electron chi connectivity index (χ2n) is 5.05. The average Bonchev–Trinajstić information content (AvgIpc) is 2.86. The third-order valence-electron chi connectivity index (χ3n) is 3.87. The molecule has 1 aliphatic rings. The Balaban J connectivity index is 2.04. The Morgan fingerprint density at radius 2 is 1.65 bits per heavy atom. The summed E-state index contributed by atoms with van der Waals surface area (Å²) >= 11 is 0. The van der Waals surface area contributed by atoms with Gasteiger partial charge in [0.1, 0.15) is 0 Å². The molecule has 4 rings (SSSR count). The van der Waals surface area contributed by atoms with E-state index in [1.807, 2.05) is 41.1 Å². The van der Waals surface area contributed by atoms with Gasteiger partial charge in [0.15, 0.2) is 0 Å². The maximum absolute atomic E-state index is 12.2. The lowest BCUT2D eigenvalue weighted by atomic mass is 10.1. The molecular formula is C17H14N2O. The molecule has 1 aromatic heterocycles. The molecule has 98 valence electrons. The minimum Gasteiger partial charge on any atom is -0.268 e. The van der Waals surface area contributed by atoms with E-state index in [1.165, 1.54) is 5.56 Å². The van der Waals surface area contributed by atoms with Gasteiger partial charge in [-0.2, -0.15) is 0 Å². The van der Waals surface area contributed by atoms with E-state index in [-0.39, 0.29) is 5.56 Å². The summed E-state index contributed by atoms with van der Waals surface area (Å²) in [6.45, 7) is 0.739. The number of rotatable bonds is 1. The van der Waals surface area contributed by atoms with Gasteiger partial charge in [-0.25, -0.2) is 9.36 Å². The monoisotopic (exact) mass is 262 g/mol. The molecule has 0 spiro atoms. The lowest BCUT2D eigenvalue weighted by molar-refractivity contribution is 0.511. The van der Waals surface area contributed by atoms with Crippen LogP contribution in [0.1, 0.15) is 5.56 Å². The van der Waals surface area contributed by atoms with Crippen molar-refractivity contribution in [2.75, 3.05) is 0 Å². The quantitative estimate of drug-likeness (QED) is 0.662. The first-order chi connectivity index (χ1) is 9.84. The zero-order valence-corrected chi connectivity index (χ0v) is 11.0. The fraction of sp³-hybridized carbons (Fsp3) is 0.118. The second-order valence-corrected chi connectivity index (χ2v) is 5.05. The van der Waals surface area contributed by atoms with Gasteiger partial charge in [-0.15, -0.1) is 0 Å². The van der Waals surface area contributed by atoms with Crippen LogP contribution in [0.4, 0.5) is 0 Å². The standard InChI is InChI=1S/C17H14N2O/c20-17-12-16(13-6-2-1-3-7-13)19-15-9-5-4-8-14(15)10-11-18(17)19/h1-9,12H,10-11H2. The minimum atomic E-state index is 0.0679. The number of fused-ring (bicyclic) bond motifs is 3. The molecule has 0 atom stereocenters. The summed E-state index contributed by atoms with van der Waals surface area (Å²) in [5, 5.41) is 0. The van der Waals surface area contributed by atoms with Gasteiger partial charge in [0.2, 0.25) is 0 Å². The van der Waals surface area contributed by atoms with Gasteiger partial charge in [-0.3, -0.25) is 4.79 Å². The fourth-order valence-electron chi connectivity index (χ4n) is 2.92. The molecule has 2 aromatic carbocycles. The Kier molecular flexibility index (Phi) is 2.39. The normalized spacial score (nSPS) is 12.8. The summed E-state index contributed by atoms with van der Waals surface area (Å²) in [5.41, 5.74) is 4.50. The molecular weight excluding hydrogens is 248 g/mol. The first-order valence-electron chi connectivity index (χ1n) is 6.81. The highest BCUT2D eigenvalue weighted by molar-refractivity contribution is 5.63. The number of nitrogens with zero attached hydrogens (tertiary/aromatic N) is 2. The summed E-state index contributed by atoms with van der Waals surface area (Å²) in [6.07, 6.45) is 0.911. The van der Waals surface area contributed by atoms with Crippen LogP contribution in [-0.2, 0) is 13.0 Å². The van der Waals surface area contributed by atoms with Gasteiger partial charge in [0, 0.05) is 18.2 Å². The highest BCUT2D eigenvalue weighted by Gasteiger charge is 2.20. The summed E-state index contributed by atoms with van der Waals surface area (Å²) in [6, 6.07) is 20.1. The Morgan fingerprint density at radius 1 is 0.900 bits per heavy atom. The highest BCUT2D eigenvalue weighted by Crippen LogP contribution is 2.27. The fourth-order valence-corrected chi connectivity index (χ4v) is 2.92. The van der Waals surface area contributed by atoms with Crippen molar-refractivity contribution < 1.29 is 0 Å². The molecule has 0 N–H and O–H groups in total. The smallest absolute Gasteiger partial charge is 0.267 e. The molecule has 3 aromatic rings. The van der Waals surface area contributed by atoms with E-state index in [0.29, 0.717) is 0 Å². The molecule has 20 heavy (non-hydrogen) atoms. The number of aromatic nitrogens is 2. The lowest BCUT2D eigenvalue weighted by Crippen LogP contribution is -2.27. The van der Waals surface area contributed by atoms with Crippen molar-refractivity contribution in [3.05, 3.63) is 76.6 Å². The molecule has 0 aliphatic carbocycles. The third kappa shape index (κ3) is 1.56. The summed E-state index contributed by atoms with van der Waals surface area (Å²) in [7, 11) is 0. The molecule has 0 bridgehead atoms. The van der Waals surface area contributed by atoms with Crippen LogP contribution in [0.5, 0.6) is 0 Å². The van der Waals surface area contributed by atoms with E-state index >= 15 is 0 Å². The maximum atomic E-state index is 12.2. The summed E-state index contributed by atoms with van der Waals surface area (Å²) in [4.78, 5) is 12.2. The predicted octanol–water partition coefficient (Wildman–Crippen LogP) is 2.86. The first-order valence-corrected chi connectivity index (χ1v) is 6.81. The molecule has 2 heterocycles. The Hall–Kier alpha value is -2.55. The molecule has 0 unspecified atom stereocenters. The predicted molar refractivity (Wildman–Crippen MR) is 79.2 cm³/mol. The molecule has 0 saturated heterocycles. The van der Waals surface area contributed by atoms with Crippen LogP contribution >= 0.6 is 0 Å². The SMILES string of the molecule is O=c1cc(-c2ccccc2)n2n1CCc1ccccc1-2. The number of benzene rings is 2. The van der Waals surface area contributed by atoms with Gasteiger partial charge in [-0.05, 0) is 18.1 Å². The number of aryl methyl sites for hydroxylation is 1. The van der Waals surface area contributed by atoms with E-state index in [4.69, 9.17) is 0 Å². The highest BCUT2D eigenvalue weighted by atomic mass is 16.1. The van der Waals surface area contributed by atoms with Crippen molar-refractivity contribution in [1.29, 1.82) is 0 Å². The largest absolute Gasteiger partial charge is 0.268 e. The van der Waals surface area contributed by atoms with Gasteiger partial charge < -0.3 is 0 Å². The Labute approximate surface area is 116 Å². The van der Waals surface area contributed by atoms with Crippen LogP contribution in [0, 0.1) is 0 Å². The van der Waals surface area contributed by atoms with E-state index < -0.39 is 0 Å². The molecule has 0 amide bonds. The molecule has 1 aliphatic heterocycles. The zero-order valence-electron chi connectivity index (χ0n) is 11.0. The van der Waals surface area contributed by atoms with Crippen molar-refractivity contribution in [2.45, 2.75) is 13.0 Å². The number of para-hydroxylation sites is 1. The summed E-state index contributed by atoms with van der Waals surface area (Å²) in [5.74, 6) is 0.